The van der Waals surface area contributed by atoms with Crippen LogP contribution in [0.3, 0.4) is 0 Å². The lowest BCUT2D eigenvalue weighted by Crippen LogP contribution is -2.20. The summed E-state index contributed by atoms with van der Waals surface area (Å²) in [5, 5.41) is 12.7. The Morgan fingerprint density at radius 3 is 2.69 bits per heavy atom. The van der Waals surface area contributed by atoms with Crippen LogP contribution in [0, 0.1) is 6.92 Å². The molecule has 8 heteroatoms. The van der Waals surface area contributed by atoms with Crippen LogP contribution in [0.5, 0.6) is 0 Å². The quantitative estimate of drug-likeness (QED) is 0.456. The van der Waals surface area contributed by atoms with Crippen molar-refractivity contribution in [1.82, 2.24) is 29.5 Å². The molecule has 1 N–H and O–H groups in total. The van der Waals surface area contributed by atoms with E-state index in [2.05, 4.69) is 36.2 Å². The average Bonchev–Trinajstić information content (AvgIpc) is 3.17. The number of halogens is 1. The molecule has 3 aromatic heterocycles. The van der Waals surface area contributed by atoms with Gasteiger partial charge in [0.2, 0.25) is 0 Å². The van der Waals surface area contributed by atoms with E-state index in [1.54, 1.807) is 0 Å². The van der Waals surface area contributed by atoms with Crippen molar-refractivity contribution in [2.24, 2.45) is 7.05 Å². The van der Waals surface area contributed by atoms with Crippen LogP contribution in [0.4, 0.5) is 0 Å². The van der Waals surface area contributed by atoms with E-state index in [9.17, 15) is 4.79 Å². The maximum absolute atomic E-state index is 13.0. The van der Waals surface area contributed by atoms with Crippen LogP contribution in [0.1, 0.15) is 16.8 Å². The first-order valence-corrected chi connectivity index (χ1v) is 9.95. The summed E-state index contributed by atoms with van der Waals surface area (Å²) in [7, 11) is 1.93. The smallest absolute Gasteiger partial charge is 0.277 e. The number of rotatable bonds is 3. The zero-order valence-corrected chi connectivity index (χ0v) is 17.4. The van der Waals surface area contributed by atoms with Gasteiger partial charge in [0.05, 0.1) is 5.52 Å². The van der Waals surface area contributed by atoms with Gasteiger partial charge in [-0.3, -0.25) is 9.89 Å². The number of hydrogen-bond donors (Lipinski definition) is 1. The summed E-state index contributed by atoms with van der Waals surface area (Å²) in [4.78, 5) is 17.7. The van der Waals surface area contributed by atoms with Crippen molar-refractivity contribution in [3.8, 4) is 5.95 Å². The molecule has 0 aliphatic heterocycles. The summed E-state index contributed by atoms with van der Waals surface area (Å²) in [6.07, 6.45) is 0.548. The second-order valence-corrected chi connectivity index (χ2v) is 7.94. The van der Waals surface area contributed by atoms with Gasteiger partial charge in [0.1, 0.15) is 5.52 Å². The highest BCUT2D eigenvalue weighted by Gasteiger charge is 2.18. The molecule has 3 heterocycles. The van der Waals surface area contributed by atoms with Gasteiger partial charge in [0.25, 0.3) is 11.5 Å². The number of nitrogens with one attached hydrogen (secondary N) is 1. The highest BCUT2D eigenvalue weighted by molar-refractivity contribution is 9.10. The first-order chi connectivity index (χ1) is 14.0. The summed E-state index contributed by atoms with van der Waals surface area (Å²) in [6.45, 7) is 1.89. The van der Waals surface area contributed by atoms with Crippen molar-refractivity contribution in [1.29, 1.82) is 0 Å². The van der Waals surface area contributed by atoms with Gasteiger partial charge in [-0.05, 0) is 30.7 Å². The molecule has 0 bridgehead atoms. The number of hydrogen-bond acceptors (Lipinski definition) is 4. The summed E-state index contributed by atoms with van der Waals surface area (Å²) in [6, 6.07) is 15.9. The molecule has 7 nitrogen and oxygen atoms in total. The average molecular weight is 449 g/mol. The summed E-state index contributed by atoms with van der Waals surface area (Å²) < 4.78 is 4.29. The largest absolute Gasteiger partial charge is 0.327 e. The first kappa shape index (κ1) is 17.8. The molecule has 0 saturated heterocycles. The van der Waals surface area contributed by atoms with Gasteiger partial charge in [-0.2, -0.15) is 9.67 Å². The van der Waals surface area contributed by atoms with E-state index in [0.717, 1.165) is 26.6 Å². The fourth-order valence-electron chi connectivity index (χ4n) is 3.65. The minimum atomic E-state index is -0.158. The number of aromatic amines is 1. The number of nitrogens with zero attached hydrogens (tertiary/aromatic N) is 5. The maximum atomic E-state index is 13.0. The Bertz CT molecular complexity index is 1430. The van der Waals surface area contributed by atoms with Gasteiger partial charge in [-0.15, -0.1) is 10.2 Å². The molecule has 0 aliphatic rings. The highest BCUT2D eigenvalue weighted by Crippen LogP contribution is 2.27. The Labute approximate surface area is 174 Å². The van der Waals surface area contributed by atoms with Crippen molar-refractivity contribution in [3.63, 3.8) is 0 Å². The Hall–Kier alpha value is -3.26. The lowest BCUT2D eigenvalue weighted by molar-refractivity contribution is 0.752. The monoisotopic (exact) mass is 448 g/mol. The third-order valence-electron chi connectivity index (χ3n) is 5.17. The molecule has 0 atom stereocenters. The SMILES string of the molecule is Cc1[nH]n(-c2nnc3c4cc(Br)ccc4n(C)c3n2)c(=O)c1Cc1ccccc1. The van der Waals surface area contributed by atoms with Crippen LogP contribution in [-0.2, 0) is 13.5 Å². The number of aromatic nitrogens is 6. The maximum Gasteiger partial charge on any atom is 0.277 e. The van der Waals surface area contributed by atoms with Crippen molar-refractivity contribution < 1.29 is 0 Å². The molecule has 0 radical (unpaired) electrons. The highest BCUT2D eigenvalue weighted by atomic mass is 79.9. The molecule has 5 rings (SSSR count). The van der Waals surface area contributed by atoms with Crippen LogP contribution >= 0.6 is 15.9 Å². The predicted octanol–water partition coefficient (Wildman–Crippen LogP) is 3.66. The van der Waals surface area contributed by atoms with E-state index in [0.29, 0.717) is 23.1 Å². The minimum absolute atomic E-state index is 0.158. The Morgan fingerprint density at radius 2 is 1.90 bits per heavy atom. The number of fused-ring (bicyclic) bond motifs is 3. The Balaban J connectivity index is 1.65. The van der Waals surface area contributed by atoms with Gasteiger partial charge in [-0.1, -0.05) is 46.3 Å². The fourth-order valence-corrected chi connectivity index (χ4v) is 4.01. The number of aryl methyl sites for hydroxylation is 2. The van der Waals surface area contributed by atoms with Crippen LogP contribution in [0.25, 0.3) is 28.0 Å². The molecule has 0 saturated carbocycles. The second-order valence-electron chi connectivity index (χ2n) is 7.02. The molecule has 0 spiro atoms. The van der Waals surface area contributed by atoms with Crippen molar-refractivity contribution in [3.05, 3.63) is 80.2 Å². The number of H-pyrrole nitrogens is 1. The zero-order chi connectivity index (χ0) is 20.1. The Kier molecular flexibility index (Phi) is 4.09. The molecule has 2 aromatic carbocycles. The van der Waals surface area contributed by atoms with Crippen LogP contribution < -0.4 is 5.56 Å². The van der Waals surface area contributed by atoms with E-state index in [1.807, 2.05) is 67.1 Å². The molecular formula is C21H17BrN6O. The summed E-state index contributed by atoms with van der Waals surface area (Å²) in [5.74, 6) is 0.231. The number of benzene rings is 2. The molecular weight excluding hydrogens is 432 g/mol. The van der Waals surface area contributed by atoms with Crippen LogP contribution in [-0.4, -0.2) is 29.5 Å². The predicted molar refractivity (Wildman–Crippen MR) is 115 cm³/mol. The third-order valence-corrected chi connectivity index (χ3v) is 5.66. The van der Waals surface area contributed by atoms with Crippen molar-refractivity contribution in [2.45, 2.75) is 13.3 Å². The summed E-state index contributed by atoms with van der Waals surface area (Å²) in [5.41, 5.74) is 4.79. The van der Waals surface area contributed by atoms with E-state index in [4.69, 9.17) is 0 Å². The molecule has 144 valence electrons. The molecule has 0 amide bonds. The zero-order valence-electron chi connectivity index (χ0n) is 15.8. The molecule has 5 aromatic rings. The normalized spacial score (nSPS) is 11.6. The van der Waals surface area contributed by atoms with E-state index in [-0.39, 0.29) is 11.5 Å². The first-order valence-electron chi connectivity index (χ1n) is 9.16. The molecule has 0 unspecified atom stereocenters. The second kappa shape index (κ2) is 6.66. The third kappa shape index (κ3) is 2.87. The van der Waals surface area contributed by atoms with E-state index in [1.165, 1.54) is 4.68 Å². The van der Waals surface area contributed by atoms with Crippen LogP contribution in [0.2, 0.25) is 0 Å². The topological polar surface area (TPSA) is 81.4 Å². The van der Waals surface area contributed by atoms with Crippen LogP contribution in [0.15, 0.2) is 57.8 Å². The van der Waals surface area contributed by atoms with Gasteiger partial charge in [-0.25, -0.2) is 0 Å². The molecule has 0 aliphatic carbocycles. The van der Waals surface area contributed by atoms with Gasteiger partial charge < -0.3 is 4.57 Å². The minimum Gasteiger partial charge on any atom is -0.327 e. The van der Waals surface area contributed by atoms with Gasteiger partial charge in [0, 0.05) is 34.6 Å². The van der Waals surface area contributed by atoms with Crippen molar-refractivity contribution >= 4 is 38.0 Å². The van der Waals surface area contributed by atoms with E-state index >= 15 is 0 Å². The lowest BCUT2D eigenvalue weighted by Gasteiger charge is -2.00. The molecule has 29 heavy (non-hydrogen) atoms. The fraction of sp³-hybridized carbons (Fsp3) is 0.143. The lowest BCUT2D eigenvalue weighted by atomic mass is 10.1. The van der Waals surface area contributed by atoms with Gasteiger partial charge >= 0.3 is 0 Å². The van der Waals surface area contributed by atoms with Gasteiger partial charge in [0.15, 0.2) is 5.65 Å². The van der Waals surface area contributed by atoms with Crippen molar-refractivity contribution in [2.75, 3.05) is 0 Å². The van der Waals surface area contributed by atoms with E-state index < -0.39 is 0 Å². The molecule has 0 fully saturated rings. The Morgan fingerprint density at radius 1 is 1.10 bits per heavy atom. The summed E-state index contributed by atoms with van der Waals surface area (Å²) >= 11 is 3.50. The standard InChI is InChI=1S/C21H17BrN6O/c1-12-15(10-13-6-4-3-5-7-13)20(29)28(26-12)21-23-19-18(24-25-21)16-11-14(22)8-9-17(16)27(19)2/h3-9,11,26H,10H2,1-2H3.